The number of nitrogens with one attached hydrogen (secondary N) is 1. The molecular weight excluding hydrogens is 246 g/mol. The number of sulfonamides is 1. The highest BCUT2D eigenvalue weighted by atomic mass is 35.5. The lowest BCUT2D eigenvalue weighted by atomic mass is 10.1. The van der Waals surface area contributed by atoms with Crippen molar-refractivity contribution in [3.8, 4) is 0 Å². The third-order valence-corrected chi connectivity index (χ3v) is 4.26. The number of hydrogen-bond donors (Lipinski definition) is 1. The van der Waals surface area contributed by atoms with Crippen molar-refractivity contribution in [3.63, 3.8) is 0 Å². The van der Waals surface area contributed by atoms with Gasteiger partial charge in [-0.05, 0) is 45.4 Å². The van der Waals surface area contributed by atoms with Crippen LogP contribution in [-0.2, 0) is 10.0 Å². The maximum absolute atomic E-state index is 12.1. The van der Waals surface area contributed by atoms with Crippen molar-refractivity contribution in [2.45, 2.75) is 38.1 Å². The molecule has 0 saturated carbocycles. The second-order valence-corrected chi connectivity index (χ2v) is 6.78. The summed E-state index contributed by atoms with van der Waals surface area (Å²) in [6, 6.07) is 4.86. The molecule has 1 aromatic rings. The summed E-state index contributed by atoms with van der Waals surface area (Å²) >= 11 is 5.90. The maximum atomic E-state index is 12.1. The molecular formula is C11H16ClNO2S. The SMILES string of the molecule is Cc1c(Cl)cccc1S(=O)(=O)NC(C)(C)C. The first-order valence-corrected chi connectivity index (χ1v) is 6.79. The van der Waals surface area contributed by atoms with Crippen molar-refractivity contribution in [3.05, 3.63) is 28.8 Å². The van der Waals surface area contributed by atoms with Gasteiger partial charge in [-0.25, -0.2) is 13.1 Å². The zero-order valence-corrected chi connectivity index (χ0v) is 11.4. The maximum Gasteiger partial charge on any atom is 0.241 e. The summed E-state index contributed by atoms with van der Waals surface area (Å²) in [4.78, 5) is 0.231. The Morgan fingerprint density at radius 3 is 2.31 bits per heavy atom. The van der Waals surface area contributed by atoms with Crippen LogP contribution in [0.25, 0.3) is 0 Å². The van der Waals surface area contributed by atoms with Crippen LogP contribution < -0.4 is 4.72 Å². The molecule has 0 amide bonds. The number of benzene rings is 1. The third kappa shape index (κ3) is 3.20. The zero-order chi connectivity index (χ0) is 12.6. The highest BCUT2D eigenvalue weighted by Crippen LogP contribution is 2.23. The van der Waals surface area contributed by atoms with Gasteiger partial charge in [-0.15, -0.1) is 0 Å². The third-order valence-electron chi connectivity index (χ3n) is 1.95. The Kier molecular flexibility index (Phi) is 3.67. The molecule has 1 aromatic carbocycles. The van der Waals surface area contributed by atoms with Gasteiger partial charge < -0.3 is 0 Å². The highest BCUT2D eigenvalue weighted by molar-refractivity contribution is 7.89. The monoisotopic (exact) mass is 261 g/mol. The van der Waals surface area contributed by atoms with Gasteiger partial charge in [0.05, 0.1) is 4.90 Å². The van der Waals surface area contributed by atoms with Gasteiger partial charge in [0.1, 0.15) is 0 Å². The lowest BCUT2D eigenvalue weighted by molar-refractivity contribution is 0.491. The second-order valence-electron chi connectivity index (χ2n) is 4.72. The van der Waals surface area contributed by atoms with E-state index in [9.17, 15) is 8.42 Å². The molecule has 0 aromatic heterocycles. The molecule has 16 heavy (non-hydrogen) atoms. The molecule has 90 valence electrons. The van der Waals surface area contributed by atoms with Crippen LogP contribution in [0.15, 0.2) is 23.1 Å². The van der Waals surface area contributed by atoms with Gasteiger partial charge in [-0.3, -0.25) is 0 Å². The van der Waals surface area contributed by atoms with E-state index in [-0.39, 0.29) is 4.90 Å². The molecule has 0 saturated heterocycles. The Hall–Kier alpha value is -0.580. The average molecular weight is 262 g/mol. The summed E-state index contributed by atoms with van der Waals surface area (Å²) in [5.41, 5.74) is 0.0639. The van der Waals surface area contributed by atoms with Crippen LogP contribution in [0.4, 0.5) is 0 Å². The fraction of sp³-hybridized carbons (Fsp3) is 0.455. The van der Waals surface area contributed by atoms with E-state index in [1.54, 1.807) is 45.9 Å². The Morgan fingerprint density at radius 1 is 1.25 bits per heavy atom. The molecule has 5 heteroatoms. The van der Waals surface area contributed by atoms with Crippen LogP contribution in [0.3, 0.4) is 0 Å². The van der Waals surface area contributed by atoms with Crippen LogP contribution in [0, 0.1) is 6.92 Å². The molecule has 0 spiro atoms. The summed E-state index contributed by atoms with van der Waals surface area (Å²) in [5, 5.41) is 0.455. The zero-order valence-electron chi connectivity index (χ0n) is 9.83. The first kappa shape index (κ1) is 13.5. The van der Waals surface area contributed by atoms with E-state index >= 15 is 0 Å². The predicted octanol–water partition coefficient (Wildman–Crippen LogP) is 2.73. The van der Waals surface area contributed by atoms with E-state index < -0.39 is 15.6 Å². The quantitative estimate of drug-likeness (QED) is 0.890. The number of halogens is 1. The first-order valence-electron chi connectivity index (χ1n) is 4.92. The lowest BCUT2D eigenvalue weighted by Crippen LogP contribution is -2.40. The fourth-order valence-electron chi connectivity index (χ4n) is 1.34. The summed E-state index contributed by atoms with van der Waals surface area (Å²) < 4.78 is 26.7. The van der Waals surface area contributed by atoms with Crippen LogP contribution in [0.5, 0.6) is 0 Å². The van der Waals surface area contributed by atoms with Crippen molar-refractivity contribution >= 4 is 21.6 Å². The van der Waals surface area contributed by atoms with Crippen molar-refractivity contribution in [1.29, 1.82) is 0 Å². The smallest absolute Gasteiger partial charge is 0.207 e. The molecule has 0 radical (unpaired) electrons. The van der Waals surface area contributed by atoms with Crippen LogP contribution >= 0.6 is 11.6 Å². The van der Waals surface area contributed by atoms with Gasteiger partial charge in [-0.2, -0.15) is 0 Å². The van der Waals surface area contributed by atoms with Gasteiger partial charge in [0.15, 0.2) is 0 Å². The van der Waals surface area contributed by atoms with E-state index in [4.69, 9.17) is 11.6 Å². The Labute approximate surface area is 102 Å². The molecule has 1 rings (SSSR count). The van der Waals surface area contributed by atoms with Crippen LogP contribution in [0.1, 0.15) is 26.3 Å². The molecule has 0 atom stereocenters. The Morgan fingerprint density at radius 2 is 1.81 bits per heavy atom. The highest BCUT2D eigenvalue weighted by Gasteiger charge is 2.23. The molecule has 0 unspecified atom stereocenters. The predicted molar refractivity (Wildman–Crippen MR) is 66.3 cm³/mol. The largest absolute Gasteiger partial charge is 0.241 e. The van der Waals surface area contributed by atoms with Crippen LogP contribution in [0.2, 0.25) is 5.02 Å². The van der Waals surface area contributed by atoms with Crippen LogP contribution in [-0.4, -0.2) is 14.0 Å². The number of rotatable bonds is 2. The average Bonchev–Trinajstić information content (AvgIpc) is 2.05. The van der Waals surface area contributed by atoms with Gasteiger partial charge in [-0.1, -0.05) is 17.7 Å². The summed E-state index contributed by atoms with van der Waals surface area (Å²) in [6.45, 7) is 7.08. The van der Waals surface area contributed by atoms with Gasteiger partial charge >= 0.3 is 0 Å². The normalized spacial score (nSPS) is 12.8. The van der Waals surface area contributed by atoms with E-state index in [1.807, 2.05) is 0 Å². The van der Waals surface area contributed by atoms with Crippen molar-refractivity contribution < 1.29 is 8.42 Å². The van der Waals surface area contributed by atoms with E-state index in [0.29, 0.717) is 10.6 Å². The standard InChI is InChI=1S/C11H16ClNO2S/c1-8-9(12)6-5-7-10(8)16(14,15)13-11(2,3)4/h5-7,13H,1-4H3. The second kappa shape index (κ2) is 4.35. The molecule has 0 heterocycles. The Bertz CT molecular complexity index is 489. The molecule has 0 fully saturated rings. The van der Waals surface area contributed by atoms with Gasteiger partial charge in [0, 0.05) is 10.6 Å². The molecule has 1 N–H and O–H groups in total. The minimum Gasteiger partial charge on any atom is -0.207 e. The minimum atomic E-state index is -3.51. The van der Waals surface area contributed by atoms with Crippen molar-refractivity contribution in [1.82, 2.24) is 4.72 Å². The lowest BCUT2D eigenvalue weighted by Gasteiger charge is -2.21. The van der Waals surface area contributed by atoms with E-state index in [2.05, 4.69) is 4.72 Å². The molecule has 0 bridgehead atoms. The summed E-state index contributed by atoms with van der Waals surface area (Å²) in [5.74, 6) is 0. The molecule has 0 aliphatic carbocycles. The molecule has 0 aliphatic heterocycles. The fourth-order valence-corrected chi connectivity index (χ4v) is 3.25. The number of hydrogen-bond acceptors (Lipinski definition) is 2. The molecule has 0 aliphatic rings. The summed E-state index contributed by atoms with van der Waals surface area (Å²) in [6.07, 6.45) is 0. The van der Waals surface area contributed by atoms with Crippen molar-refractivity contribution in [2.24, 2.45) is 0 Å². The van der Waals surface area contributed by atoms with Crippen molar-refractivity contribution in [2.75, 3.05) is 0 Å². The van der Waals surface area contributed by atoms with E-state index in [1.165, 1.54) is 0 Å². The van der Waals surface area contributed by atoms with Gasteiger partial charge in [0.2, 0.25) is 10.0 Å². The first-order chi connectivity index (χ1) is 7.13. The Balaban J connectivity index is 3.24. The molecule has 3 nitrogen and oxygen atoms in total. The van der Waals surface area contributed by atoms with Gasteiger partial charge in [0.25, 0.3) is 0 Å². The summed E-state index contributed by atoms with van der Waals surface area (Å²) in [7, 11) is -3.51. The topological polar surface area (TPSA) is 46.2 Å². The minimum absolute atomic E-state index is 0.231. The van der Waals surface area contributed by atoms with E-state index in [0.717, 1.165) is 0 Å².